The van der Waals surface area contributed by atoms with Crippen molar-refractivity contribution in [3.05, 3.63) is 30.1 Å². The average molecular weight is 357 g/mol. The SMILES string of the molecule is O=C(CCc1cccnc1)N1CCC[C@]2(C[C@@H](CN3CCCC3)CO2)C1. The van der Waals surface area contributed by atoms with Crippen molar-refractivity contribution in [2.45, 2.75) is 50.5 Å². The second-order valence-electron chi connectivity index (χ2n) is 8.35. The Kier molecular flexibility index (Phi) is 5.55. The van der Waals surface area contributed by atoms with E-state index < -0.39 is 0 Å². The third kappa shape index (κ3) is 4.26. The molecule has 26 heavy (non-hydrogen) atoms. The molecule has 0 aromatic carbocycles. The molecule has 0 aliphatic carbocycles. The number of amides is 1. The number of ether oxygens (including phenoxy) is 1. The second kappa shape index (κ2) is 8.05. The Morgan fingerprint density at radius 1 is 1.27 bits per heavy atom. The van der Waals surface area contributed by atoms with Crippen LogP contribution in [0.1, 0.15) is 44.1 Å². The van der Waals surface area contributed by atoms with Crippen LogP contribution < -0.4 is 0 Å². The molecule has 1 aromatic rings. The predicted molar refractivity (Wildman–Crippen MR) is 101 cm³/mol. The van der Waals surface area contributed by atoms with Crippen molar-refractivity contribution < 1.29 is 9.53 Å². The normalized spacial score (nSPS) is 29.5. The van der Waals surface area contributed by atoms with E-state index in [9.17, 15) is 4.79 Å². The van der Waals surface area contributed by atoms with Gasteiger partial charge in [-0.2, -0.15) is 0 Å². The monoisotopic (exact) mass is 357 g/mol. The van der Waals surface area contributed by atoms with Gasteiger partial charge in [0.15, 0.2) is 0 Å². The summed E-state index contributed by atoms with van der Waals surface area (Å²) in [5, 5.41) is 0. The van der Waals surface area contributed by atoms with E-state index in [0.29, 0.717) is 12.3 Å². The maximum Gasteiger partial charge on any atom is 0.223 e. The Balaban J connectivity index is 1.28. The smallest absolute Gasteiger partial charge is 0.223 e. The summed E-state index contributed by atoms with van der Waals surface area (Å²) in [7, 11) is 0. The van der Waals surface area contributed by atoms with Crippen LogP contribution in [0.2, 0.25) is 0 Å². The molecule has 1 spiro atoms. The number of rotatable bonds is 5. The lowest BCUT2D eigenvalue weighted by atomic mass is 9.86. The van der Waals surface area contributed by atoms with E-state index in [1.807, 2.05) is 18.3 Å². The Morgan fingerprint density at radius 3 is 2.96 bits per heavy atom. The lowest BCUT2D eigenvalue weighted by Crippen LogP contribution is -2.50. The van der Waals surface area contributed by atoms with Gasteiger partial charge in [0.25, 0.3) is 0 Å². The molecular weight excluding hydrogens is 326 g/mol. The van der Waals surface area contributed by atoms with Crippen molar-refractivity contribution in [2.75, 3.05) is 39.3 Å². The van der Waals surface area contributed by atoms with E-state index in [4.69, 9.17) is 4.74 Å². The molecule has 2 atom stereocenters. The number of pyridine rings is 1. The summed E-state index contributed by atoms with van der Waals surface area (Å²) in [6, 6.07) is 3.98. The van der Waals surface area contributed by atoms with Crippen LogP contribution >= 0.6 is 0 Å². The molecule has 0 radical (unpaired) electrons. The minimum atomic E-state index is -0.0768. The van der Waals surface area contributed by atoms with E-state index in [1.165, 1.54) is 32.5 Å². The zero-order valence-electron chi connectivity index (χ0n) is 15.7. The van der Waals surface area contributed by atoms with Crippen molar-refractivity contribution >= 4 is 5.91 Å². The number of carbonyl (C=O) groups is 1. The molecule has 0 bridgehead atoms. The van der Waals surface area contributed by atoms with E-state index in [2.05, 4.69) is 14.8 Å². The van der Waals surface area contributed by atoms with Gasteiger partial charge in [-0.05, 0) is 69.2 Å². The van der Waals surface area contributed by atoms with Gasteiger partial charge in [0.05, 0.1) is 12.2 Å². The number of carbonyl (C=O) groups excluding carboxylic acids is 1. The molecule has 0 saturated carbocycles. The summed E-state index contributed by atoms with van der Waals surface area (Å²) >= 11 is 0. The maximum absolute atomic E-state index is 12.7. The third-order valence-corrected chi connectivity index (χ3v) is 6.24. The molecule has 0 N–H and O–H groups in total. The van der Waals surface area contributed by atoms with Crippen molar-refractivity contribution in [3.63, 3.8) is 0 Å². The summed E-state index contributed by atoms with van der Waals surface area (Å²) in [5.74, 6) is 0.901. The quantitative estimate of drug-likeness (QED) is 0.812. The van der Waals surface area contributed by atoms with Gasteiger partial charge < -0.3 is 14.5 Å². The molecule has 3 aliphatic heterocycles. The average Bonchev–Trinajstić information content (AvgIpc) is 3.31. The first-order valence-corrected chi connectivity index (χ1v) is 10.3. The van der Waals surface area contributed by atoms with Gasteiger partial charge in [0.2, 0.25) is 5.91 Å². The van der Waals surface area contributed by atoms with E-state index in [1.54, 1.807) is 6.20 Å². The van der Waals surface area contributed by atoms with Crippen LogP contribution in [0.3, 0.4) is 0 Å². The van der Waals surface area contributed by atoms with Crippen molar-refractivity contribution in [2.24, 2.45) is 5.92 Å². The Labute approximate surface area is 156 Å². The Bertz CT molecular complexity index is 603. The highest BCUT2D eigenvalue weighted by Crippen LogP contribution is 2.38. The third-order valence-electron chi connectivity index (χ3n) is 6.24. The van der Waals surface area contributed by atoms with Crippen LogP contribution in [-0.2, 0) is 16.0 Å². The fourth-order valence-electron chi connectivity index (χ4n) is 4.94. The Hall–Kier alpha value is -1.46. The summed E-state index contributed by atoms with van der Waals surface area (Å²) in [5.41, 5.74) is 1.06. The number of hydrogen-bond acceptors (Lipinski definition) is 4. The van der Waals surface area contributed by atoms with Crippen molar-refractivity contribution in [1.29, 1.82) is 0 Å². The molecule has 1 aromatic heterocycles. The minimum Gasteiger partial charge on any atom is -0.373 e. The van der Waals surface area contributed by atoms with Gasteiger partial charge in [-0.1, -0.05) is 6.07 Å². The van der Waals surface area contributed by atoms with Gasteiger partial charge in [-0.25, -0.2) is 0 Å². The lowest BCUT2D eigenvalue weighted by Gasteiger charge is -2.40. The van der Waals surface area contributed by atoms with E-state index in [0.717, 1.165) is 50.9 Å². The first-order valence-electron chi connectivity index (χ1n) is 10.3. The molecule has 142 valence electrons. The van der Waals surface area contributed by atoms with Crippen LogP contribution in [0.5, 0.6) is 0 Å². The molecule has 3 saturated heterocycles. The summed E-state index contributed by atoms with van der Waals surface area (Å²) in [4.78, 5) is 21.5. The number of piperidine rings is 1. The highest BCUT2D eigenvalue weighted by atomic mass is 16.5. The molecule has 5 heteroatoms. The van der Waals surface area contributed by atoms with Gasteiger partial charge in [0, 0.05) is 38.4 Å². The lowest BCUT2D eigenvalue weighted by molar-refractivity contribution is -0.139. The molecule has 4 heterocycles. The standard InChI is InChI=1S/C21H31N3O2/c25-20(7-6-18-5-3-9-22-14-18)24-12-4-8-21(17-24)13-19(16-26-21)15-23-10-1-2-11-23/h3,5,9,14,19H,1-2,4,6-8,10-13,15-17H2/t19-,21-/m0/s1. The van der Waals surface area contributed by atoms with Gasteiger partial charge in [-0.15, -0.1) is 0 Å². The highest BCUT2D eigenvalue weighted by Gasteiger charge is 2.44. The van der Waals surface area contributed by atoms with Gasteiger partial charge in [0.1, 0.15) is 0 Å². The number of nitrogens with zero attached hydrogens (tertiary/aromatic N) is 3. The van der Waals surface area contributed by atoms with Crippen LogP contribution in [0.4, 0.5) is 0 Å². The fourth-order valence-corrected chi connectivity index (χ4v) is 4.94. The molecule has 3 fully saturated rings. The number of aryl methyl sites for hydroxylation is 1. The Morgan fingerprint density at radius 2 is 2.15 bits per heavy atom. The largest absolute Gasteiger partial charge is 0.373 e. The minimum absolute atomic E-state index is 0.0768. The topological polar surface area (TPSA) is 45.7 Å². The van der Waals surface area contributed by atoms with Crippen LogP contribution in [0.25, 0.3) is 0 Å². The number of aromatic nitrogens is 1. The van der Waals surface area contributed by atoms with E-state index in [-0.39, 0.29) is 11.5 Å². The molecule has 1 amide bonds. The second-order valence-corrected chi connectivity index (χ2v) is 8.35. The maximum atomic E-state index is 12.7. The van der Waals surface area contributed by atoms with Crippen LogP contribution in [0, 0.1) is 5.92 Å². The van der Waals surface area contributed by atoms with Crippen LogP contribution in [0.15, 0.2) is 24.5 Å². The molecule has 4 rings (SSSR count). The summed E-state index contributed by atoms with van der Waals surface area (Å²) in [6.45, 7) is 6.22. The first-order chi connectivity index (χ1) is 12.7. The molecule has 0 unspecified atom stereocenters. The van der Waals surface area contributed by atoms with E-state index >= 15 is 0 Å². The first kappa shape index (κ1) is 17.9. The highest BCUT2D eigenvalue weighted by molar-refractivity contribution is 5.76. The zero-order valence-corrected chi connectivity index (χ0v) is 15.7. The molecule has 3 aliphatic rings. The fraction of sp³-hybridized carbons (Fsp3) is 0.714. The number of hydrogen-bond donors (Lipinski definition) is 0. The summed E-state index contributed by atoms with van der Waals surface area (Å²) < 4.78 is 6.32. The molecule has 5 nitrogen and oxygen atoms in total. The van der Waals surface area contributed by atoms with Gasteiger partial charge in [-0.3, -0.25) is 9.78 Å². The van der Waals surface area contributed by atoms with Crippen molar-refractivity contribution in [1.82, 2.24) is 14.8 Å². The summed E-state index contributed by atoms with van der Waals surface area (Å²) in [6.07, 6.45) is 11.0. The van der Waals surface area contributed by atoms with Crippen molar-refractivity contribution in [3.8, 4) is 0 Å². The molecular formula is C21H31N3O2. The predicted octanol–water partition coefficient (Wildman–Crippen LogP) is 2.51. The number of likely N-dealkylation sites (tertiary alicyclic amines) is 2. The zero-order chi connectivity index (χ0) is 17.8. The van der Waals surface area contributed by atoms with Gasteiger partial charge >= 0.3 is 0 Å². The van der Waals surface area contributed by atoms with Crippen LogP contribution in [-0.4, -0.2) is 65.6 Å².